The Kier molecular flexibility index (Phi) is 8.07. The highest BCUT2D eigenvalue weighted by molar-refractivity contribution is 7.92. The SMILES string of the molecule is COc1cc2c(cc1OC)CN(C(=O)COC(=O)CNS(=O)(=O)/C=C/c1ccccc1)CC2. The molecule has 0 aliphatic carbocycles. The van der Waals surface area contributed by atoms with Crippen LogP contribution < -0.4 is 14.2 Å². The lowest BCUT2D eigenvalue weighted by molar-refractivity contribution is -0.151. The van der Waals surface area contributed by atoms with E-state index in [9.17, 15) is 18.0 Å². The molecule has 1 amide bonds. The number of carbonyl (C=O) groups is 2. The number of esters is 1. The van der Waals surface area contributed by atoms with Gasteiger partial charge in [-0.15, -0.1) is 0 Å². The number of amides is 1. The molecule has 10 heteroatoms. The fourth-order valence-corrected chi connectivity index (χ4v) is 4.07. The van der Waals surface area contributed by atoms with Crippen molar-refractivity contribution in [3.8, 4) is 11.5 Å². The van der Waals surface area contributed by atoms with Crippen LogP contribution in [0.15, 0.2) is 47.9 Å². The van der Waals surface area contributed by atoms with Crippen LogP contribution in [0.1, 0.15) is 16.7 Å². The van der Waals surface area contributed by atoms with Crippen LogP contribution >= 0.6 is 0 Å². The van der Waals surface area contributed by atoms with Gasteiger partial charge in [0.05, 0.1) is 14.2 Å². The third kappa shape index (κ3) is 6.80. The first-order chi connectivity index (χ1) is 15.8. The highest BCUT2D eigenvalue weighted by Gasteiger charge is 2.23. The number of benzene rings is 2. The van der Waals surface area contributed by atoms with Gasteiger partial charge in [-0.1, -0.05) is 30.3 Å². The van der Waals surface area contributed by atoms with Crippen molar-refractivity contribution in [3.05, 3.63) is 64.6 Å². The zero-order chi connectivity index (χ0) is 23.8. The van der Waals surface area contributed by atoms with Gasteiger partial charge in [-0.05, 0) is 41.3 Å². The summed E-state index contributed by atoms with van der Waals surface area (Å²) in [7, 11) is -0.719. The van der Waals surface area contributed by atoms with Crippen molar-refractivity contribution in [2.24, 2.45) is 0 Å². The first-order valence-corrected chi connectivity index (χ1v) is 11.8. The van der Waals surface area contributed by atoms with E-state index in [1.807, 2.05) is 18.2 Å². The Morgan fingerprint density at radius 3 is 2.39 bits per heavy atom. The number of carbonyl (C=O) groups excluding carboxylic acids is 2. The summed E-state index contributed by atoms with van der Waals surface area (Å²) in [4.78, 5) is 26.0. The molecule has 2 aromatic carbocycles. The minimum absolute atomic E-state index is 0.350. The normalized spacial score (nSPS) is 13.5. The second-order valence-electron chi connectivity index (χ2n) is 7.28. The molecule has 3 rings (SSSR count). The number of rotatable bonds is 9. The smallest absolute Gasteiger partial charge is 0.321 e. The summed E-state index contributed by atoms with van der Waals surface area (Å²) in [6.07, 6.45) is 2.04. The molecule has 0 aromatic heterocycles. The van der Waals surface area contributed by atoms with E-state index in [4.69, 9.17) is 14.2 Å². The molecule has 0 atom stereocenters. The second-order valence-corrected chi connectivity index (χ2v) is 8.93. The maximum absolute atomic E-state index is 12.5. The zero-order valence-electron chi connectivity index (χ0n) is 18.4. The molecule has 0 fully saturated rings. The predicted molar refractivity (Wildman–Crippen MR) is 122 cm³/mol. The van der Waals surface area contributed by atoms with Crippen LogP contribution in [-0.2, 0) is 37.3 Å². The van der Waals surface area contributed by atoms with Gasteiger partial charge in [0.15, 0.2) is 18.1 Å². The highest BCUT2D eigenvalue weighted by Crippen LogP contribution is 2.33. The Balaban J connectivity index is 1.48. The van der Waals surface area contributed by atoms with Crippen molar-refractivity contribution in [2.45, 2.75) is 13.0 Å². The van der Waals surface area contributed by atoms with Crippen LogP contribution in [0.3, 0.4) is 0 Å². The highest BCUT2D eigenvalue weighted by atomic mass is 32.2. The van der Waals surface area contributed by atoms with Crippen molar-refractivity contribution in [1.82, 2.24) is 9.62 Å². The van der Waals surface area contributed by atoms with E-state index in [0.717, 1.165) is 16.5 Å². The molecule has 176 valence electrons. The Morgan fingerprint density at radius 2 is 1.73 bits per heavy atom. The molecule has 9 nitrogen and oxygen atoms in total. The maximum atomic E-state index is 12.5. The molecule has 1 N–H and O–H groups in total. The van der Waals surface area contributed by atoms with Crippen molar-refractivity contribution in [1.29, 1.82) is 0 Å². The van der Waals surface area contributed by atoms with Gasteiger partial charge in [0, 0.05) is 18.5 Å². The Morgan fingerprint density at radius 1 is 1.06 bits per heavy atom. The van der Waals surface area contributed by atoms with Gasteiger partial charge in [-0.25, -0.2) is 13.1 Å². The number of hydrogen-bond donors (Lipinski definition) is 1. The standard InChI is InChI=1S/C23H26N2O7S/c1-30-20-12-18-8-10-25(15-19(18)13-21(20)31-2)22(26)16-32-23(27)14-24-33(28,29)11-9-17-6-4-3-5-7-17/h3-7,9,11-13,24H,8,10,14-16H2,1-2H3/b11-9+. The number of methoxy groups -OCH3 is 2. The van der Waals surface area contributed by atoms with Crippen LogP contribution in [-0.4, -0.2) is 59.1 Å². The van der Waals surface area contributed by atoms with E-state index in [1.165, 1.54) is 6.08 Å². The van der Waals surface area contributed by atoms with Crippen LogP contribution in [0.2, 0.25) is 0 Å². The fourth-order valence-electron chi connectivity index (χ4n) is 3.32. The average Bonchev–Trinajstić information content (AvgIpc) is 2.84. The molecule has 1 aliphatic rings. The first kappa shape index (κ1) is 24.3. The molecule has 0 saturated carbocycles. The van der Waals surface area contributed by atoms with Crippen molar-refractivity contribution < 1.29 is 32.2 Å². The quantitative estimate of drug-likeness (QED) is 0.551. The van der Waals surface area contributed by atoms with Crippen LogP contribution in [0.5, 0.6) is 11.5 Å². The molecular weight excluding hydrogens is 448 g/mol. The van der Waals surface area contributed by atoms with E-state index < -0.39 is 29.1 Å². The predicted octanol–water partition coefficient (Wildman–Crippen LogP) is 1.72. The lowest BCUT2D eigenvalue weighted by atomic mass is 9.99. The Labute approximate surface area is 193 Å². The number of sulfonamides is 1. The molecule has 0 radical (unpaired) electrons. The second kappa shape index (κ2) is 11.0. The summed E-state index contributed by atoms with van der Waals surface area (Å²) >= 11 is 0. The minimum Gasteiger partial charge on any atom is -0.493 e. The molecule has 2 aromatic rings. The molecule has 1 aliphatic heterocycles. The molecule has 0 unspecified atom stereocenters. The van der Waals surface area contributed by atoms with E-state index >= 15 is 0 Å². The number of nitrogens with zero attached hydrogens (tertiary/aromatic N) is 1. The molecule has 1 heterocycles. The summed E-state index contributed by atoms with van der Waals surface area (Å²) in [6, 6.07) is 12.6. The number of hydrogen-bond acceptors (Lipinski definition) is 7. The Bertz CT molecular complexity index is 1130. The number of fused-ring (bicyclic) bond motifs is 1. The van der Waals surface area contributed by atoms with Crippen LogP contribution in [0, 0.1) is 0 Å². The largest absolute Gasteiger partial charge is 0.493 e. The molecular formula is C23H26N2O7S. The third-order valence-electron chi connectivity index (χ3n) is 5.08. The van der Waals surface area contributed by atoms with Crippen LogP contribution in [0.4, 0.5) is 0 Å². The average molecular weight is 475 g/mol. The summed E-state index contributed by atoms with van der Waals surface area (Å²) in [5.41, 5.74) is 2.69. The van der Waals surface area contributed by atoms with Gasteiger partial charge in [-0.3, -0.25) is 9.59 Å². The maximum Gasteiger partial charge on any atom is 0.321 e. The summed E-state index contributed by atoms with van der Waals surface area (Å²) in [6.45, 7) is -0.226. The van der Waals surface area contributed by atoms with E-state index in [1.54, 1.807) is 43.4 Å². The van der Waals surface area contributed by atoms with E-state index in [-0.39, 0.29) is 5.91 Å². The van der Waals surface area contributed by atoms with Gasteiger partial charge in [-0.2, -0.15) is 0 Å². The van der Waals surface area contributed by atoms with Crippen molar-refractivity contribution >= 4 is 28.0 Å². The van der Waals surface area contributed by atoms with Crippen molar-refractivity contribution in [3.63, 3.8) is 0 Å². The molecule has 0 bridgehead atoms. The van der Waals surface area contributed by atoms with Gasteiger partial charge in [0.1, 0.15) is 6.54 Å². The number of ether oxygens (including phenoxy) is 3. The third-order valence-corrected chi connectivity index (χ3v) is 6.13. The summed E-state index contributed by atoms with van der Waals surface area (Å²) in [5.74, 6) is -0.00365. The fraction of sp³-hybridized carbons (Fsp3) is 0.304. The zero-order valence-corrected chi connectivity index (χ0v) is 19.3. The topological polar surface area (TPSA) is 111 Å². The lowest BCUT2D eigenvalue weighted by Gasteiger charge is -2.29. The van der Waals surface area contributed by atoms with Gasteiger partial charge >= 0.3 is 5.97 Å². The van der Waals surface area contributed by atoms with Gasteiger partial charge in [0.25, 0.3) is 5.91 Å². The van der Waals surface area contributed by atoms with Crippen LogP contribution in [0.25, 0.3) is 6.08 Å². The number of nitrogens with one attached hydrogen (secondary N) is 1. The van der Waals surface area contributed by atoms with Gasteiger partial charge in [0.2, 0.25) is 10.0 Å². The van der Waals surface area contributed by atoms with E-state index in [2.05, 4.69) is 4.72 Å². The lowest BCUT2D eigenvalue weighted by Crippen LogP contribution is -2.39. The van der Waals surface area contributed by atoms with Gasteiger partial charge < -0.3 is 19.1 Å². The van der Waals surface area contributed by atoms with Crippen molar-refractivity contribution in [2.75, 3.05) is 33.9 Å². The Hall–Kier alpha value is -3.37. The molecule has 0 spiro atoms. The summed E-state index contributed by atoms with van der Waals surface area (Å²) < 4.78 is 41.7. The minimum atomic E-state index is -3.83. The molecule has 33 heavy (non-hydrogen) atoms. The summed E-state index contributed by atoms with van der Waals surface area (Å²) in [5, 5.41) is 0.967. The molecule has 0 saturated heterocycles. The monoisotopic (exact) mass is 474 g/mol. The van der Waals surface area contributed by atoms with E-state index in [0.29, 0.717) is 36.6 Å². The first-order valence-electron chi connectivity index (χ1n) is 10.2.